The van der Waals surface area contributed by atoms with Crippen LogP contribution in [0, 0.1) is 12.7 Å². The summed E-state index contributed by atoms with van der Waals surface area (Å²) in [7, 11) is 0. The van der Waals surface area contributed by atoms with Gasteiger partial charge in [0.25, 0.3) is 0 Å². The molecule has 0 fully saturated rings. The van der Waals surface area contributed by atoms with Gasteiger partial charge < -0.3 is 15.0 Å². The number of pyridine rings is 1. The number of halogens is 1. The Morgan fingerprint density at radius 2 is 1.96 bits per heavy atom. The second kappa shape index (κ2) is 7.77. The molecule has 0 spiro atoms. The van der Waals surface area contributed by atoms with Crippen molar-refractivity contribution in [3.63, 3.8) is 0 Å². The molecule has 128 valence electrons. The first-order valence-corrected chi connectivity index (χ1v) is 7.85. The first-order valence-electron chi connectivity index (χ1n) is 7.85. The molecule has 0 aliphatic rings. The average Bonchev–Trinajstić information content (AvgIpc) is 2.54. The molecule has 1 aromatic carbocycles. The summed E-state index contributed by atoms with van der Waals surface area (Å²) >= 11 is 0. The molecule has 0 atom stereocenters. The fourth-order valence-corrected chi connectivity index (χ4v) is 2.57. The zero-order valence-corrected chi connectivity index (χ0v) is 13.8. The lowest BCUT2D eigenvalue weighted by Gasteiger charge is -2.17. The van der Waals surface area contributed by atoms with Gasteiger partial charge in [-0.05, 0) is 31.0 Å². The zero-order chi connectivity index (χ0) is 17.7. The standard InChI is InChI=1S/C18H21FN2O3/c1-3-8-21-12(2)9-16(22)18(24)15(21)11-20-17(23)10-13-4-6-14(19)7-5-13/h4-7,9,24H,3,8,10-11H2,1-2H3,(H,20,23). The van der Waals surface area contributed by atoms with E-state index in [1.807, 2.05) is 11.5 Å². The summed E-state index contributed by atoms with van der Waals surface area (Å²) in [6, 6.07) is 7.08. The molecular formula is C18H21FN2O3. The number of hydrogen-bond donors (Lipinski definition) is 2. The minimum Gasteiger partial charge on any atom is -0.503 e. The van der Waals surface area contributed by atoms with Crippen LogP contribution in [0.15, 0.2) is 35.1 Å². The predicted octanol–water partition coefficient (Wildman–Crippen LogP) is 2.27. The summed E-state index contributed by atoms with van der Waals surface area (Å²) < 4.78 is 14.7. The second-order valence-corrected chi connectivity index (χ2v) is 5.68. The van der Waals surface area contributed by atoms with Crippen molar-refractivity contribution in [3.8, 4) is 5.75 Å². The van der Waals surface area contributed by atoms with Crippen molar-refractivity contribution in [1.29, 1.82) is 0 Å². The average molecular weight is 332 g/mol. The van der Waals surface area contributed by atoms with Gasteiger partial charge in [-0.15, -0.1) is 0 Å². The molecule has 2 aromatic rings. The van der Waals surface area contributed by atoms with Crippen LogP contribution >= 0.6 is 0 Å². The quantitative estimate of drug-likeness (QED) is 0.852. The molecule has 1 heterocycles. The molecule has 1 aromatic heterocycles. The minimum absolute atomic E-state index is 0.0583. The van der Waals surface area contributed by atoms with E-state index < -0.39 is 5.43 Å². The highest BCUT2D eigenvalue weighted by Gasteiger charge is 2.14. The van der Waals surface area contributed by atoms with Crippen LogP contribution in [0.1, 0.15) is 30.3 Å². The Balaban J connectivity index is 2.12. The molecule has 2 N–H and O–H groups in total. The van der Waals surface area contributed by atoms with Gasteiger partial charge in [0.05, 0.1) is 18.7 Å². The van der Waals surface area contributed by atoms with Gasteiger partial charge in [-0.3, -0.25) is 9.59 Å². The van der Waals surface area contributed by atoms with Gasteiger partial charge in [0.1, 0.15) is 5.82 Å². The largest absolute Gasteiger partial charge is 0.503 e. The van der Waals surface area contributed by atoms with Gasteiger partial charge >= 0.3 is 0 Å². The lowest BCUT2D eigenvalue weighted by Crippen LogP contribution is -2.28. The normalized spacial score (nSPS) is 10.6. The van der Waals surface area contributed by atoms with Gasteiger partial charge in [0, 0.05) is 18.3 Å². The van der Waals surface area contributed by atoms with E-state index in [2.05, 4.69) is 5.32 Å². The Morgan fingerprint density at radius 1 is 1.29 bits per heavy atom. The van der Waals surface area contributed by atoms with Crippen LogP contribution in [-0.2, 0) is 24.3 Å². The Kier molecular flexibility index (Phi) is 5.73. The Labute approximate surface area is 139 Å². The Bertz CT molecular complexity index is 782. The smallest absolute Gasteiger partial charge is 0.224 e. The van der Waals surface area contributed by atoms with Crippen LogP contribution < -0.4 is 10.7 Å². The van der Waals surface area contributed by atoms with Crippen molar-refractivity contribution in [1.82, 2.24) is 9.88 Å². The molecule has 0 bridgehead atoms. The van der Waals surface area contributed by atoms with Crippen molar-refractivity contribution >= 4 is 5.91 Å². The number of aromatic hydroxyl groups is 1. The summed E-state index contributed by atoms with van der Waals surface area (Å²) in [5, 5.41) is 12.7. The molecule has 1 amide bonds. The maximum Gasteiger partial charge on any atom is 0.224 e. The lowest BCUT2D eigenvalue weighted by atomic mass is 10.1. The molecule has 0 saturated carbocycles. The lowest BCUT2D eigenvalue weighted by molar-refractivity contribution is -0.120. The molecule has 6 heteroatoms. The number of aromatic nitrogens is 1. The van der Waals surface area contributed by atoms with Gasteiger partial charge in [-0.1, -0.05) is 19.1 Å². The predicted molar refractivity (Wildman–Crippen MR) is 89.3 cm³/mol. The SMILES string of the molecule is CCCn1c(C)cc(=O)c(O)c1CNC(=O)Cc1ccc(F)cc1. The molecular weight excluding hydrogens is 311 g/mol. The van der Waals surface area contributed by atoms with Crippen molar-refractivity contribution in [3.05, 3.63) is 63.3 Å². The monoisotopic (exact) mass is 332 g/mol. The highest BCUT2D eigenvalue weighted by molar-refractivity contribution is 5.78. The third-order valence-electron chi connectivity index (χ3n) is 3.78. The van der Waals surface area contributed by atoms with E-state index in [9.17, 15) is 19.1 Å². The summed E-state index contributed by atoms with van der Waals surface area (Å²) in [5.74, 6) is -0.957. The molecule has 2 rings (SSSR count). The van der Waals surface area contributed by atoms with Gasteiger partial charge in [-0.25, -0.2) is 4.39 Å². The summed E-state index contributed by atoms with van der Waals surface area (Å²) in [6.07, 6.45) is 0.935. The number of carbonyl (C=O) groups is 1. The highest BCUT2D eigenvalue weighted by atomic mass is 19.1. The topological polar surface area (TPSA) is 71.3 Å². The number of nitrogens with zero attached hydrogens (tertiary/aromatic N) is 1. The Hall–Kier alpha value is -2.63. The zero-order valence-electron chi connectivity index (χ0n) is 13.8. The third kappa shape index (κ3) is 4.22. The third-order valence-corrected chi connectivity index (χ3v) is 3.78. The molecule has 0 unspecified atom stereocenters. The summed E-state index contributed by atoms with van der Waals surface area (Å²) in [5.41, 5.74) is 1.37. The molecule has 0 aliphatic carbocycles. The van der Waals surface area contributed by atoms with E-state index >= 15 is 0 Å². The van der Waals surface area contributed by atoms with E-state index in [-0.39, 0.29) is 30.4 Å². The molecule has 0 saturated heterocycles. The summed E-state index contributed by atoms with van der Waals surface area (Å²) in [4.78, 5) is 23.8. The second-order valence-electron chi connectivity index (χ2n) is 5.68. The van der Waals surface area contributed by atoms with Crippen LogP contribution in [0.3, 0.4) is 0 Å². The maximum absolute atomic E-state index is 12.9. The van der Waals surface area contributed by atoms with Crippen LogP contribution in [-0.4, -0.2) is 15.6 Å². The van der Waals surface area contributed by atoms with Crippen LogP contribution in [0.5, 0.6) is 5.75 Å². The highest BCUT2D eigenvalue weighted by Crippen LogP contribution is 2.15. The van der Waals surface area contributed by atoms with Crippen LogP contribution in [0.2, 0.25) is 0 Å². The van der Waals surface area contributed by atoms with Crippen molar-refractivity contribution in [2.45, 2.75) is 39.8 Å². The first-order chi connectivity index (χ1) is 11.4. The van der Waals surface area contributed by atoms with E-state index in [1.165, 1.54) is 18.2 Å². The van der Waals surface area contributed by atoms with E-state index in [0.717, 1.165) is 12.1 Å². The number of carbonyl (C=O) groups excluding carboxylic acids is 1. The van der Waals surface area contributed by atoms with E-state index in [1.54, 1.807) is 19.1 Å². The first kappa shape index (κ1) is 17.7. The number of aryl methyl sites for hydroxylation is 1. The van der Waals surface area contributed by atoms with Crippen molar-refractivity contribution in [2.24, 2.45) is 0 Å². The van der Waals surface area contributed by atoms with Crippen molar-refractivity contribution in [2.75, 3.05) is 0 Å². The maximum atomic E-state index is 12.9. The molecule has 0 aliphatic heterocycles. The molecule has 5 nitrogen and oxygen atoms in total. The van der Waals surface area contributed by atoms with Crippen LogP contribution in [0.25, 0.3) is 0 Å². The van der Waals surface area contributed by atoms with E-state index in [4.69, 9.17) is 0 Å². The fraction of sp³-hybridized carbons (Fsp3) is 0.333. The molecule has 24 heavy (non-hydrogen) atoms. The number of benzene rings is 1. The summed E-state index contributed by atoms with van der Waals surface area (Å²) in [6.45, 7) is 4.48. The number of amides is 1. The number of nitrogens with one attached hydrogen (secondary N) is 1. The number of rotatable bonds is 6. The van der Waals surface area contributed by atoms with Gasteiger partial charge in [0.15, 0.2) is 5.75 Å². The minimum atomic E-state index is -0.456. The van der Waals surface area contributed by atoms with E-state index in [0.29, 0.717) is 17.8 Å². The van der Waals surface area contributed by atoms with Gasteiger partial charge in [-0.2, -0.15) is 0 Å². The Morgan fingerprint density at radius 3 is 2.58 bits per heavy atom. The van der Waals surface area contributed by atoms with Gasteiger partial charge in [0.2, 0.25) is 11.3 Å². The number of hydrogen-bond acceptors (Lipinski definition) is 3. The molecule has 0 radical (unpaired) electrons. The van der Waals surface area contributed by atoms with Crippen LogP contribution in [0.4, 0.5) is 4.39 Å². The van der Waals surface area contributed by atoms with Crippen molar-refractivity contribution < 1.29 is 14.3 Å². The fourth-order valence-electron chi connectivity index (χ4n) is 2.57.